The van der Waals surface area contributed by atoms with E-state index in [0.29, 0.717) is 5.92 Å². The molecule has 3 rings (SSSR count). The highest BCUT2D eigenvalue weighted by Crippen LogP contribution is 2.55. The van der Waals surface area contributed by atoms with Gasteiger partial charge in [0.1, 0.15) is 11.7 Å². The molecule has 0 amide bonds. The minimum absolute atomic E-state index is 0.0251. The number of ether oxygens (including phenoxy) is 1. The molecule has 2 aromatic carbocycles. The molecule has 1 heteroatoms. The predicted octanol–water partition coefficient (Wildman–Crippen LogP) is 4.40. The van der Waals surface area contributed by atoms with Crippen molar-refractivity contribution in [1.82, 2.24) is 0 Å². The van der Waals surface area contributed by atoms with Crippen molar-refractivity contribution in [1.29, 1.82) is 0 Å². The Morgan fingerprint density at radius 2 is 1.53 bits per heavy atom. The maximum Gasteiger partial charge on any atom is 0.113 e. The number of hydrogen-bond acceptors (Lipinski definition) is 1. The van der Waals surface area contributed by atoms with E-state index in [1.54, 1.807) is 0 Å². The molecule has 1 heterocycles. The van der Waals surface area contributed by atoms with Crippen LogP contribution in [-0.4, -0.2) is 5.60 Å². The molecular formula is C18H20O. The zero-order valence-electron chi connectivity index (χ0n) is 11.5. The lowest BCUT2D eigenvalue weighted by molar-refractivity contribution is 0.234. The fraction of sp³-hybridized carbons (Fsp3) is 0.333. The Hall–Kier alpha value is -1.60. The van der Waals surface area contributed by atoms with Crippen molar-refractivity contribution in [3.8, 4) is 0 Å². The Balaban J connectivity index is 1.84. The summed E-state index contributed by atoms with van der Waals surface area (Å²) in [7, 11) is 0. The lowest BCUT2D eigenvalue weighted by Crippen LogP contribution is -2.23. The van der Waals surface area contributed by atoms with Crippen molar-refractivity contribution < 1.29 is 4.74 Å². The van der Waals surface area contributed by atoms with Crippen LogP contribution < -0.4 is 0 Å². The second-order valence-corrected chi connectivity index (χ2v) is 5.68. The average Bonchev–Trinajstić information content (AvgIpc) is 3.17. The second-order valence-electron chi connectivity index (χ2n) is 5.68. The van der Waals surface area contributed by atoms with Crippen molar-refractivity contribution in [2.75, 3.05) is 0 Å². The average molecular weight is 252 g/mol. The standard InChI is InChI=1S/C18H20O/c1-14(2)18(13-15-9-5-3-6-10-15)17(19-18)16-11-7-4-8-12-16/h3-12,14,17H,13H2,1-2H3. The predicted molar refractivity (Wildman–Crippen MR) is 78.0 cm³/mol. The number of hydrogen-bond donors (Lipinski definition) is 0. The summed E-state index contributed by atoms with van der Waals surface area (Å²) in [6, 6.07) is 21.2. The SMILES string of the molecule is CC(C)C1(Cc2ccccc2)OC1c1ccccc1. The monoisotopic (exact) mass is 252 g/mol. The largest absolute Gasteiger partial charge is 0.360 e. The van der Waals surface area contributed by atoms with E-state index >= 15 is 0 Å². The summed E-state index contributed by atoms with van der Waals surface area (Å²) in [5, 5.41) is 0. The molecule has 0 radical (unpaired) electrons. The van der Waals surface area contributed by atoms with Crippen LogP contribution in [0, 0.1) is 5.92 Å². The Morgan fingerprint density at radius 1 is 0.947 bits per heavy atom. The lowest BCUT2D eigenvalue weighted by atomic mass is 9.84. The van der Waals surface area contributed by atoms with Gasteiger partial charge in [-0.05, 0) is 17.0 Å². The van der Waals surface area contributed by atoms with E-state index in [9.17, 15) is 0 Å². The van der Waals surface area contributed by atoms with E-state index in [0.717, 1.165) is 6.42 Å². The van der Waals surface area contributed by atoms with E-state index in [4.69, 9.17) is 4.74 Å². The molecular weight excluding hydrogens is 232 g/mol. The zero-order valence-corrected chi connectivity index (χ0v) is 11.5. The molecule has 98 valence electrons. The van der Waals surface area contributed by atoms with Gasteiger partial charge in [0.2, 0.25) is 0 Å². The molecule has 2 atom stereocenters. The Labute approximate surface area is 115 Å². The van der Waals surface area contributed by atoms with Crippen molar-refractivity contribution in [3.63, 3.8) is 0 Å². The fourth-order valence-corrected chi connectivity index (χ4v) is 2.86. The molecule has 1 aliphatic rings. The van der Waals surface area contributed by atoms with Gasteiger partial charge in [0.15, 0.2) is 0 Å². The third-order valence-corrected chi connectivity index (χ3v) is 4.13. The Bertz CT molecular complexity index is 532. The molecule has 0 aromatic heterocycles. The first kappa shape index (κ1) is 12.4. The maximum absolute atomic E-state index is 6.16. The first-order valence-corrected chi connectivity index (χ1v) is 6.99. The highest BCUT2D eigenvalue weighted by molar-refractivity contribution is 5.30. The molecule has 2 aromatic rings. The molecule has 1 saturated heterocycles. The summed E-state index contributed by atoms with van der Waals surface area (Å²) in [6.45, 7) is 4.51. The number of rotatable bonds is 4. The highest BCUT2D eigenvalue weighted by Gasteiger charge is 2.58. The van der Waals surface area contributed by atoms with Gasteiger partial charge in [-0.2, -0.15) is 0 Å². The molecule has 0 bridgehead atoms. The molecule has 19 heavy (non-hydrogen) atoms. The summed E-state index contributed by atoms with van der Waals surface area (Å²) < 4.78 is 6.16. The molecule has 0 aliphatic carbocycles. The normalized spacial score (nSPS) is 25.5. The van der Waals surface area contributed by atoms with Gasteiger partial charge in [-0.3, -0.25) is 0 Å². The van der Waals surface area contributed by atoms with Crippen molar-refractivity contribution in [2.45, 2.75) is 32.0 Å². The van der Waals surface area contributed by atoms with Crippen molar-refractivity contribution in [3.05, 3.63) is 71.8 Å². The van der Waals surface area contributed by atoms with E-state index < -0.39 is 0 Å². The van der Waals surface area contributed by atoms with Crippen LogP contribution in [0.1, 0.15) is 31.1 Å². The van der Waals surface area contributed by atoms with Crippen molar-refractivity contribution in [2.24, 2.45) is 5.92 Å². The van der Waals surface area contributed by atoms with E-state index in [-0.39, 0.29) is 11.7 Å². The number of epoxide rings is 1. The van der Waals surface area contributed by atoms with Crippen molar-refractivity contribution >= 4 is 0 Å². The quantitative estimate of drug-likeness (QED) is 0.735. The first-order valence-electron chi connectivity index (χ1n) is 6.99. The molecule has 1 aliphatic heterocycles. The van der Waals surface area contributed by atoms with E-state index in [1.807, 2.05) is 0 Å². The Kier molecular flexibility index (Phi) is 3.16. The van der Waals surface area contributed by atoms with E-state index in [2.05, 4.69) is 74.5 Å². The van der Waals surface area contributed by atoms with Gasteiger partial charge in [0.05, 0.1) is 0 Å². The highest BCUT2D eigenvalue weighted by atomic mass is 16.6. The number of benzene rings is 2. The molecule has 0 spiro atoms. The molecule has 0 N–H and O–H groups in total. The topological polar surface area (TPSA) is 12.5 Å². The summed E-state index contributed by atoms with van der Waals surface area (Å²) in [6.07, 6.45) is 1.24. The van der Waals surface area contributed by atoms with Crippen LogP contribution in [-0.2, 0) is 11.2 Å². The van der Waals surface area contributed by atoms with E-state index in [1.165, 1.54) is 11.1 Å². The van der Waals surface area contributed by atoms with Crippen LogP contribution in [0.2, 0.25) is 0 Å². The molecule has 2 unspecified atom stereocenters. The minimum atomic E-state index is -0.0251. The van der Waals surface area contributed by atoms with Gasteiger partial charge in [-0.25, -0.2) is 0 Å². The zero-order chi connectivity index (χ0) is 13.3. The van der Waals surface area contributed by atoms with Gasteiger partial charge in [-0.15, -0.1) is 0 Å². The lowest BCUT2D eigenvalue weighted by Gasteiger charge is -2.17. The summed E-state index contributed by atoms with van der Waals surface area (Å²) in [5.41, 5.74) is 2.63. The van der Waals surface area contributed by atoms with Gasteiger partial charge in [0, 0.05) is 6.42 Å². The van der Waals surface area contributed by atoms with Crippen LogP contribution in [0.4, 0.5) is 0 Å². The minimum Gasteiger partial charge on any atom is -0.360 e. The fourth-order valence-electron chi connectivity index (χ4n) is 2.86. The molecule has 1 nitrogen and oxygen atoms in total. The molecule has 1 fully saturated rings. The summed E-state index contributed by atoms with van der Waals surface area (Å²) >= 11 is 0. The first-order chi connectivity index (χ1) is 9.22. The maximum atomic E-state index is 6.16. The summed E-state index contributed by atoms with van der Waals surface area (Å²) in [4.78, 5) is 0. The smallest absolute Gasteiger partial charge is 0.113 e. The van der Waals surface area contributed by atoms with Crippen LogP contribution in [0.15, 0.2) is 60.7 Å². The third-order valence-electron chi connectivity index (χ3n) is 4.13. The second kappa shape index (κ2) is 4.82. The van der Waals surface area contributed by atoms with Gasteiger partial charge < -0.3 is 4.74 Å². The van der Waals surface area contributed by atoms with Gasteiger partial charge in [0.25, 0.3) is 0 Å². The van der Waals surface area contributed by atoms with Crippen LogP contribution in [0.5, 0.6) is 0 Å². The van der Waals surface area contributed by atoms with Gasteiger partial charge >= 0.3 is 0 Å². The van der Waals surface area contributed by atoms with Crippen LogP contribution in [0.25, 0.3) is 0 Å². The van der Waals surface area contributed by atoms with Crippen LogP contribution >= 0.6 is 0 Å². The molecule has 0 saturated carbocycles. The summed E-state index contributed by atoms with van der Waals surface area (Å²) in [5.74, 6) is 0.512. The van der Waals surface area contributed by atoms with Crippen LogP contribution in [0.3, 0.4) is 0 Å². The van der Waals surface area contributed by atoms with Gasteiger partial charge in [-0.1, -0.05) is 74.5 Å². The Morgan fingerprint density at radius 3 is 2.11 bits per heavy atom. The third kappa shape index (κ3) is 2.31.